The van der Waals surface area contributed by atoms with Gasteiger partial charge in [-0.25, -0.2) is 0 Å². The monoisotopic (exact) mass is 238 g/mol. The summed E-state index contributed by atoms with van der Waals surface area (Å²) in [4.78, 5) is 2.75. The van der Waals surface area contributed by atoms with Crippen molar-refractivity contribution in [3.05, 3.63) is 0 Å². The molecule has 0 aromatic rings. The van der Waals surface area contributed by atoms with E-state index in [1.54, 1.807) is 0 Å². The van der Waals surface area contributed by atoms with Gasteiger partial charge in [-0.05, 0) is 69.5 Å². The zero-order chi connectivity index (χ0) is 12.1. The van der Waals surface area contributed by atoms with Crippen molar-refractivity contribution in [3.63, 3.8) is 0 Å². The largest absolute Gasteiger partial charge is 0.316 e. The lowest BCUT2D eigenvalue weighted by Gasteiger charge is -2.40. The Morgan fingerprint density at radius 2 is 2.12 bits per heavy atom. The highest BCUT2D eigenvalue weighted by molar-refractivity contribution is 4.87. The van der Waals surface area contributed by atoms with E-state index in [9.17, 15) is 0 Å². The molecule has 2 unspecified atom stereocenters. The minimum Gasteiger partial charge on any atom is -0.316 e. The van der Waals surface area contributed by atoms with Crippen LogP contribution in [0.1, 0.15) is 52.4 Å². The van der Waals surface area contributed by atoms with Gasteiger partial charge >= 0.3 is 0 Å². The first-order chi connectivity index (χ1) is 8.24. The molecule has 2 nitrogen and oxygen atoms in total. The molecule has 2 saturated heterocycles. The molecule has 0 aromatic carbocycles. The molecule has 100 valence electrons. The minimum atomic E-state index is 0.575. The van der Waals surface area contributed by atoms with Crippen LogP contribution in [0.25, 0.3) is 0 Å². The Balaban J connectivity index is 1.88. The van der Waals surface area contributed by atoms with Crippen molar-refractivity contribution in [2.75, 3.05) is 32.7 Å². The van der Waals surface area contributed by atoms with Gasteiger partial charge in [-0.1, -0.05) is 13.8 Å². The summed E-state index contributed by atoms with van der Waals surface area (Å²) in [5.41, 5.74) is 0.575. The second-order valence-electron chi connectivity index (χ2n) is 6.45. The van der Waals surface area contributed by atoms with Crippen LogP contribution in [0.4, 0.5) is 0 Å². The second-order valence-corrected chi connectivity index (χ2v) is 6.45. The van der Waals surface area contributed by atoms with E-state index in [1.165, 1.54) is 71.2 Å². The van der Waals surface area contributed by atoms with Gasteiger partial charge in [0.1, 0.15) is 0 Å². The molecule has 0 spiro atoms. The van der Waals surface area contributed by atoms with Gasteiger partial charge < -0.3 is 10.2 Å². The van der Waals surface area contributed by atoms with Gasteiger partial charge in [0.25, 0.3) is 0 Å². The molecule has 2 heterocycles. The predicted octanol–water partition coefficient (Wildman–Crippen LogP) is 2.89. The molecule has 2 rings (SSSR count). The third-order valence-electron chi connectivity index (χ3n) is 4.98. The summed E-state index contributed by atoms with van der Waals surface area (Å²) in [6.07, 6.45) is 8.40. The SMILES string of the molecule is CCC1(CN2CCCC(C)CC2)CCCNC1. The van der Waals surface area contributed by atoms with Gasteiger partial charge in [0.05, 0.1) is 0 Å². The molecule has 0 aliphatic carbocycles. The third kappa shape index (κ3) is 3.69. The van der Waals surface area contributed by atoms with Crippen molar-refractivity contribution >= 4 is 0 Å². The summed E-state index contributed by atoms with van der Waals surface area (Å²) < 4.78 is 0. The highest BCUT2D eigenvalue weighted by Crippen LogP contribution is 2.32. The molecule has 2 aliphatic rings. The molecule has 2 atom stereocenters. The fraction of sp³-hybridized carbons (Fsp3) is 1.00. The number of likely N-dealkylation sites (tertiary alicyclic amines) is 1. The number of rotatable bonds is 3. The molecule has 0 aromatic heterocycles. The van der Waals surface area contributed by atoms with Crippen LogP contribution >= 0.6 is 0 Å². The maximum atomic E-state index is 3.61. The molecule has 1 N–H and O–H groups in total. The number of nitrogens with one attached hydrogen (secondary N) is 1. The average Bonchev–Trinajstić information content (AvgIpc) is 2.56. The van der Waals surface area contributed by atoms with Crippen molar-refractivity contribution < 1.29 is 0 Å². The van der Waals surface area contributed by atoms with Crippen LogP contribution in [0.5, 0.6) is 0 Å². The molecule has 0 bridgehead atoms. The first-order valence-electron chi connectivity index (χ1n) is 7.67. The van der Waals surface area contributed by atoms with Crippen molar-refractivity contribution in [2.24, 2.45) is 11.3 Å². The number of hydrogen-bond acceptors (Lipinski definition) is 2. The van der Waals surface area contributed by atoms with E-state index in [0.29, 0.717) is 5.41 Å². The lowest BCUT2D eigenvalue weighted by Crippen LogP contribution is -2.47. The normalized spacial score (nSPS) is 36.7. The predicted molar refractivity (Wildman–Crippen MR) is 74.3 cm³/mol. The van der Waals surface area contributed by atoms with Crippen molar-refractivity contribution in [1.82, 2.24) is 10.2 Å². The Morgan fingerprint density at radius 3 is 2.82 bits per heavy atom. The van der Waals surface area contributed by atoms with E-state index in [2.05, 4.69) is 24.1 Å². The quantitative estimate of drug-likeness (QED) is 0.813. The van der Waals surface area contributed by atoms with E-state index in [0.717, 1.165) is 5.92 Å². The molecule has 0 saturated carbocycles. The van der Waals surface area contributed by atoms with Gasteiger partial charge in [-0.15, -0.1) is 0 Å². The number of piperidine rings is 1. The van der Waals surface area contributed by atoms with Gasteiger partial charge in [0, 0.05) is 13.1 Å². The molecular formula is C15H30N2. The average molecular weight is 238 g/mol. The second kappa shape index (κ2) is 6.19. The van der Waals surface area contributed by atoms with Crippen LogP contribution in [-0.2, 0) is 0 Å². The molecule has 2 heteroatoms. The molecule has 0 radical (unpaired) electrons. The maximum Gasteiger partial charge on any atom is 0.00500 e. The number of nitrogens with zero attached hydrogens (tertiary/aromatic N) is 1. The Hall–Kier alpha value is -0.0800. The Bertz CT molecular complexity index is 221. The summed E-state index contributed by atoms with van der Waals surface area (Å²) >= 11 is 0. The van der Waals surface area contributed by atoms with Gasteiger partial charge in [-0.3, -0.25) is 0 Å². The first-order valence-corrected chi connectivity index (χ1v) is 7.67. The molecule has 17 heavy (non-hydrogen) atoms. The highest BCUT2D eigenvalue weighted by Gasteiger charge is 2.32. The molecular weight excluding hydrogens is 208 g/mol. The lowest BCUT2D eigenvalue weighted by molar-refractivity contribution is 0.113. The summed E-state index contributed by atoms with van der Waals surface area (Å²) in [5, 5.41) is 3.61. The zero-order valence-electron chi connectivity index (χ0n) is 11.8. The van der Waals surface area contributed by atoms with E-state index in [4.69, 9.17) is 0 Å². The van der Waals surface area contributed by atoms with Crippen LogP contribution < -0.4 is 5.32 Å². The van der Waals surface area contributed by atoms with Gasteiger partial charge in [-0.2, -0.15) is 0 Å². The van der Waals surface area contributed by atoms with Crippen LogP contribution in [-0.4, -0.2) is 37.6 Å². The Labute approximate surface area is 107 Å². The Morgan fingerprint density at radius 1 is 1.24 bits per heavy atom. The van der Waals surface area contributed by atoms with E-state index in [-0.39, 0.29) is 0 Å². The zero-order valence-corrected chi connectivity index (χ0v) is 11.8. The third-order valence-corrected chi connectivity index (χ3v) is 4.98. The van der Waals surface area contributed by atoms with E-state index >= 15 is 0 Å². The summed E-state index contributed by atoms with van der Waals surface area (Å²) in [6, 6.07) is 0. The van der Waals surface area contributed by atoms with Crippen molar-refractivity contribution in [3.8, 4) is 0 Å². The van der Waals surface area contributed by atoms with Crippen molar-refractivity contribution in [1.29, 1.82) is 0 Å². The topological polar surface area (TPSA) is 15.3 Å². The molecule has 2 aliphatic heterocycles. The van der Waals surface area contributed by atoms with E-state index in [1.807, 2.05) is 0 Å². The van der Waals surface area contributed by atoms with E-state index < -0.39 is 0 Å². The van der Waals surface area contributed by atoms with Crippen LogP contribution in [0, 0.1) is 11.3 Å². The van der Waals surface area contributed by atoms with Crippen molar-refractivity contribution in [2.45, 2.75) is 52.4 Å². The fourth-order valence-electron chi connectivity index (χ4n) is 3.53. The minimum absolute atomic E-state index is 0.575. The summed E-state index contributed by atoms with van der Waals surface area (Å²) in [6.45, 7) is 11.3. The molecule has 2 fully saturated rings. The van der Waals surface area contributed by atoms with Crippen LogP contribution in [0.15, 0.2) is 0 Å². The van der Waals surface area contributed by atoms with Gasteiger partial charge in [0.2, 0.25) is 0 Å². The summed E-state index contributed by atoms with van der Waals surface area (Å²) in [5.74, 6) is 0.946. The lowest BCUT2D eigenvalue weighted by atomic mass is 9.78. The Kier molecular flexibility index (Phi) is 4.87. The first kappa shape index (κ1) is 13.4. The smallest absolute Gasteiger partial charge is 0.00500 e. The fourth-order valence-corrected chi connectivity index (χ4v) is 3.53. The molecule has 0 amide bonds. The van der Waals surface area contributed by atoms with Crippen LogP contribution in [0.2, 0.25) is 0 Å². The standard InChI is InChI=1S/C15H30N2/c1-3-15(8-5-9-16-12-15)13-17-10-4-6-14(2)7-11-17/h14,16H,3-13H2,1-2H3. The number of hydrogen-bond donors (Lipinski definition) is 1. The highest BCUT2D eigenvalue weighted by atomic mass is 15.1. The summed E-state index contributed by atoms with van der Waals surface area (Å²) in [7, 11) is 0. The van der Waals surface area contributed by atoms with Crippen LogP contribution in [0.3, 0.4) is 0 Å². The maximum absolute atomic E-state index is 3.61. The van der Waals surface area contributed by atoms with Gasteiger partial charge in [0.15, 0.2) is 0 Å².